The van der Waals surface area contributed by atoms with E-state index in [1.807, 2.05) is 55.5 Å². The van der Waals surface area contributed by atoms with Crippen molar-refractivity contribution in [1.29, 1.82) is 0 Å². The van der Waals surface area contributed by atoms with Gasteiger partial charge >= 0.3 is 0 Å². The Kier molecular flexibility index (Phi) is 4.63. The molecule has 7 nitrogen and oxygen atoms in total. The molecule has 0 aliphatic rings. The second kappa shape index (κ2) is 7.40. The predicted octanol–water partition coefficient (Wildman–Crippen LogP) is 3.64. The van der Waals surface area contributed by atoms with Gasteiger partial charge in [0.2, 0.25) is 0 Å². The van der Waals surface area contributed by atoms with E-state index >= 15 is 0 Å². The molecule has 3 N–H and O–H groups in total. The van der Waals surface area contributed by atoms with E-state index in [0.717, 1.165) is 27.7 Å². The zero-order valence-electron chi connectivity index (χ0n) is 15.5. The first-order chi connectivity index (χ1) is 13.7. The molecule has 140 valence electrons. The molecule has 7 heteroatoms. The van der Waals surface area contributed by atoms with Gasteiger partial charge in [-0.3, -0.25) is 9.89 Å². The number of H-pyrrole nitrogens is 2. The summed E-state index contributed by atoms with van der Waals surface area (Å²) in [6, 6.07) is 17.1. The van der Waals surface area contributed by atoms with E-state index in [-0.39, 0.29) is 5.91 Å². The fourth-order valence-corrected chi connectivity index (χ4v) is 3.11. The number of nitrogens with zero attached hydrogens (tertiary/aromatic N) is 2. The summed E-state index contributed by atoms with van der Waals surface area (Å²) in [7, 11) is 1.60. The predicted molar refractivity (Wildman–Crippen MR) is 109 cm³/mol. The Morgan fingerprint density at radius 2 is 1.96 bits per heavy atom. The first-order valence-electron chi connectivity index (χ1n) is 8.77. The van der Waals surface area contributed by atoms with Crippen molar-refractivity contribution in [3.05, 3.63) is 71.5 Å². The van der Waals surface area contributed by atoms with Crippen molar-refractivity contribution in [1.82, 2.24) is 20.6 Å². The molecule has 2 aromatic carbocycles. The van der Waals surface area contributed by atoms with Gasteiger partial charge in [0.15, 0.2) is 0 Å². The Hall–Kier alpha value is -3.87. The van der Waals surface area contributed by atoms with Crippen LogP contribution in [0.15, 0.2) is 59.7 Å². The van der Waals surface area contributed by atoms with Gasteiger partial charge in [0.1, 0.15) is 11.4 Å². The Balaban J connectivity index is 1.51. The molecule has 2 heterocycles. The highest BCUT2D eigenvalue weighted by molar-refractivity contribution is 6.01. The number of hydrogen-bond acceptors (Lipinski definition) is 4. The largest absolute Gasteiger partial charge is 0.496 e. The smallest absolute Gasteiger partial charge is 0.289 e. The number of aryl methyl sites for hydroxylation is 1. The zero-order valence-corrected chi connectivity index (χ0v) is 15.5. The summed E-state index contributed by atoms with van der Waals surface area (Å²) < 4.78 is 5.34. The molecule has 0 saturated carbocycles. The molecule has 0 fully saturated rings. The molecule has 0 radical (unpaired) electrons. The molecule has 4 aromatic rings. The third-order valence-corrected chi connectivity index (χ3v) is 4.51. The number of fused-ring (bicyclic) bond motifs is 1. The van der Waals surface area contributed by atoms with E-state index in [2.05, 4.69) is 25.7 Å². The highest BCUT2D eigenvalue weighted by Crippen LogP contribution is 2.28. The van der Waals surface area contributed by atoms with Gasteiger partial charge in [0.05, 0.1) is 19.0 Å². The molecule has 0 aliphatic heterocycles. The third kappa shape index (κ3) is 3.25. The maximum absolute atomic E-state index is 12.4. The van der Waals surface area contributed by atoms with Crippen LogP contribution < -0.4 is 10.2 Å². The Bertz CT molecular complexity index is 1170. The SMILES string of the molecule is COc1ccccc1-c1cc(C(=O)NN=Cc2c(C)[nH]c3ccccc23)[nH]n1. The fourth-order valence-electron chi connectivity index (χ4n) is 3.11. The summed E-state index contributed by atoms with van der Waals surface area (Å²) in [4.78, 5) is 15.7. The number of hydrazone groups is 1. The highest BCUT2D eigenvalue weighted by atomic mass is 16.5. The number of nitrogens with one attached hydrogen (secondary N) is 3. The Morgan fingerprint density at radius 3 is 2.82 bits per heavy atom. The average molecular weight is 373 g/mol. The van der Waals surface area contributed by atoms with Crippen LogP contribution >= 0.6 is 0 Å². The van der Waals surface area contributed by atoms with Crippen molar-refractivity contribution in [3.8, 4) is 17.0 Å². The van der Waals surface area contributed by atoms with Gasteiger partial charge in [-0.1, -0.05) is 30.3 Å². The van der Waals surface area contributed by atoms with E-state index in [0.29, 0.717) is 17.1 Å². The molecule has 4 rings (SSSR count). The summed E-state index contributed by atoms with van der Waals surface area (Å²) in [6.07, 6.45) is 1.64. The lowest BCUT2D eigenvalue weighted by Gasteiger charge is -2.04. The number of rotatable bonds is 5. The number of carbonyl (C=O) groups excluding carboxylic acids is 1. The van der Waals surface area contributed by atoms with Crippen LogP contribution in [0, 0.1) is 6.92 Å². The molecular formula is C21H19N5O2. The van der Waals surface area contributed by atoms with Gasteiger partial charge in [0, 0.05) is 27.7 Å². The number of aromatic amines is 2. The van der Waals surface area contributed by atoms with Crippen LogP contribution in [0.5, 0.6) is 5.75 Å². The number of hydrogen-bond donors (Lipinski definition) is 3. The van der Waals surface area contributed by atoms with E-state index in [9.17, 15) is 4.79 Å². The molecule has 1 amide bonds. The number of benzene rings is 2. The molecule has 0 unspecified atom stereocenters. The van der Waals surface area contributed by atoms with Crippen molar-refractivity contribution in [2.45, 2.75) is 6.92 Å². The third-order valence-electron chi connectivity index (χ3n) is 4.51. The van der Waals surface area contributed by atoms with E-state index in [4.69, 9.17) is 4.74 Å². The first kappa shape index (κ1) is 17.5. The van der Waals surface area contributed by atoms with E-state index < -0.39 is 0 Å². The summed E-state index contributed by atoms with van der Waals surface area (Å²) in [5.74, 6) is 0.316. The minimum atomic E-state index is -0.373. The lowest BCUT2D eigenvalue weighted by molar-refractivity contribution is 0.0950. The monoisotopic (exact) mass is 373 g/mol. The number of ether oxygens (including phenoxy) is 1. The normalized spacial score (nSPS) is 11.2. The topological polar surface area (TPSA) is 95.2 Å². The van der Waals surface area contributed by atoms with Crippen LogP contribution in [0.4, 0.5) is 0 Å². The molecular weight excluding hydrogens is 354 g/mol. The van der Waals surface area contributed by atoms with Crippen molar-refractivity contribution in [2.75, 3.05) is 7.11 Å². The summed E-state index contributed by atoms with van der Waals surface area (Å²) in [5, 5.41) is 12.1. The molecule has 0 bridgehead atoms. The van der Waals surface area contributed by atoms with Gasteiger partial charge in [-0.2, -0.15) is 10.2 Å². The fraction of sp³-hybridized carbons (Fsp3) is 0.0952. The minimum absolute atomic E-state index is 0.314. The van der Waals surface area contributed by atoms with Crippen LogP contribution in [0.3, 0.4) is 0 Å². The van der Waals surface area contributed by atoms with E-state index in [1.165, 1.54) is 0 Å². The highest BCUT2D eigenvalue weighted by Gasteiger charge is 2.13. The van der Waals surface area contributed by atoms with Crippen LogP contribution in [0.1, 0.15) is 21.7 Å². The summed E-state index contributed by atoms with van der Waals surface area (Å²) in [6.45, 7) is 1.97. The maximum atomic E-state index is 12.4. The second-order valence-corrected chi connectivity index (χ2v) is 6.28. The quantitative estimate of drug-likeness (QED) is 0.368. The van der Waals surface area contributed by atoms with Crippen molar-refractivity contribution >= 4 is 23.0 Å². The van der Waals surface area contributed by atoms with Gasteiger partial charge in [-0.15, -0.1) is 0 Å². The maximum Gasteiger partial charge on any atom is 0.289 e. The van der Waals surface area contributed by atoms with E-state index in [1.54, 1.807) is 19.4 Å². The summed E-state index contributed by atoms with van der Waals surface area (Å²) in [5.41, 5.74) is 7.23. The first-order valence-corrected chi connectivity index (χ1v) is 8.77. The molecule has 28 heavy (non-hydrogen) atoms. The van der Waals surface area contributed by atoms with Crippen LogP contribution in [-0.4, -0.2) is 34.4 Å². The van der Waals surface area contributed by atoms with Crippen molar-refractivity contribution in [3.63, 3.8) is 0 Å². The number of aromatic nitrogens is 3. The molecule has 0 spiro atoms. The van der Waals surface area contributed by atoms with Gasteiger partial charge in [-0.05, 0) is 31.2 Å². The standard InChI is InChI=1S/C21H19N5O2/c1-13-16(14-7-3-5-9-17(14)23-13)12-22-26-21(27)19-11-18(24-25-19)15-8-4-6-10-20(15)28-2/h3-12,23H,1-2H3,(H,24,25)(H,26,27). The molecule has 0 saturated heterocycles. The van der Waals surface area contributed by atoms with Gasteiger partial charge < -0.3 is 9.72 Å². The number of para-hydroxylation sites is 2. The summed E-state index contributed by atoms with van der Waals surface area (Å²) >= 11 is 0. The van der Waals surface area contributed by atoms with Gasteiger partial charge in [-0.25, -0.2) is 5.43 Å². The van der Waals surface area contributed by atoms with Crippen LogP contribution in [-0.2, 0) is 0 Å². The molecule has 0 aliphatic carbocycles. The number of methoxy groups -OCH3 is 1. The number of carbonyl (C=O) groups is 1. The number of amides is 1. The average Bonchev–Trinajstić information content (AvgIpc) is 3.33. The molecule has 0 atom stereocenters. The lowest BCUT2D eigenvalue weighted by atomic mass is 10.1. The van der Waals surface area contributed by atoms with Crippen LogP contribution in [0.25, 0.3) is 22.2 Å². The van der Waals surface area contributed by atoms with Crippen molar-refractivity contribution in [2.24, 2.45) is 5.10 Å². The Morgan fingerprint density at radius 1 is 1.18 bits per heavy atom. The van der Waals surface area contributed by atoms with Gasteiger partial charge in [0.25, 0.3) is 5.91 Å². The second-order valence-electron chi connectivity index (χ2n) is 6.28. The lowest BCUT2D eigenvalue weighted by Crippen LogP contribution is -2.18. The molecule has 2 aromatic heterocycles. The van der Waals surface area contributed by atoms with Crippen LogP contribution in [0.2, 0.25) is 0 Å². The minimum Gasteiger partial charge on any atom is -0.496 e. The Labute approximate surface area is 161 Å². The zero-order chi connectivity index (χ0) is 19.5. The van der Waals surface area contributed by atoms with Crippen molar-refractivity contribution < 1.29 is 9.53 Å².